The summed E-state index contributed by atoms with van der Waals surface area (Å²) in [7, 11) is 3.55. The molecule has 1 aliphatic heterocycles. The summed E-state index contributed by atoms with van der Waals surface area (Å²) in [5.41, 5.74) is 2.11. The van der Waals surface area contributed by atoms with Gasteiger partial charge in [0.2, 0.25) is 0 Å². The molecule has 0 saturated heterocycles. The third-order valence-electron chi connectivity index (χ3n) is 5.22. The number of carbonyl (C=O) groups excluding carboxylic acids is 1. The van der Waals surface area contributed by atoms with E-state index < -0.39 is 0 Å². The molecule has 156 valence electrons. The molecule has 30 heavy (non-hydrogen) atoms. The highest BCUT2D eigenvalue weighted by Gasteiger charge is 2.29. The number of aromatic nitrogens is 2. The van der Waals surface area contributed by atoms with Crippen molar-refractivity contribution in [2.45, 2.75) is 19.8 Å². The van der Waals surface area contributed by atoms with E-state index >= 15 is 0 Å². The fourth-order valence-corrected chi connectivity index (χ4v) is 3.48. The maximum atomic E-state index is 13.4. The van der Waals surface area contributed by atoms with Gasteiger partial charge in [-0.05, 0) is 36.8 Å². The number of fused-ring (bicyclic) bond motifs is 2. The monoisotopic (exact) mass is 406 g/mol. The number of hydrogen-bond acceptors (Lipinski definition) is 6. The maximum absolute atomic E-state index is 13.4. The second-order valence-corrected chi connectivity index (χ2v) is 7.31. The van der Waals surface area contributed by atoms with Gasteiger partial charge >= 0.3 is 0 Å². The van der Waals surface area contributed by atoms with Crippen LogP contribution in [0.5, 0.6) is 11.5 Å². The first-order chi connectivity index (χ1) is 14.6. The van der Waals surface area contributed by atoms with Crippen molar-refractivity contribution in [3.8, 4) is 11.5 Å². The molecule has 7 heteroatoms. The fraction of sp³-hybridized carbons (Fsp3) is 0.348. The van der Waals surface area contributed by atoms with Gasteiger partial charge in [-0.25, -0.2) is 9.97 Å². The van der Waals surface area contributed by atoms with Crippen molar-refractivity contribution in [2.24, 2.45) is 0 Å². The Hall–Kier alpha value is -3.35. The Morgan fingerprint density at radius 1 is 1.03 bits per heavy atom. The molecule has 0 atom stereocenters. The van der Waals surface area contributed by atoms with Crippen LogP contribution in [0.25, 0.3) is 11.0 Å². The summed E-state index contributed by atoms with van der Waals surface area (Å²) in [5, 5.41) is 0. The quantitative estimate of drug-likeness (QED) is 0.578. The molecule has 0 radical (unpaired) electrons. The van der Waals surface area contributed by atoms with Crippen LogP contribution < -0.4 is 19.3 Å². The van der Waals surface area contributed by atoms with Gasteiger partial charge in [-0.3, -0.25) is 9.69 Å². The van der Waals surface area contributed by atoms with Gasteiger partial charge in [0.15, 0.2) is 23.1 Å². The third kappa shape index (κ3) is 3.75. The highest BCUT2D eigenvalue weighted by molar-refractivity contribution is 6.08. The Labute approximate surface area is 176 Å². The first kappa shape index (κ1) is 19.9. The minimum atomic E-state index is -0.132. The second-order valence-electron chi connectivity index (χ2n) is 7.31. The predicted octanol–water partition coefficient (Wildman–Crippen LogP) is 3.91. The molecule has 1 aromatic heterocycles. The molecule has 2 heterocycles. The third-order valence-corrected chi connectivity index (χ3v) is 5.22. The number of benzene rings is 2. The van der Waals surface area contributed by atoms with Crippen molar-refractivity contribution in [2.75, 3.05) is 43.7 Å². The molecule has 0 bridgehead atoms. The summed E-state index contributed by atoms with van der Waals surface area (Å²) in [6, 6.07) is 13.0. The van der Waals surface area contributed by atoms with Gasteiger partial charge in [0, 0.05) is 25.7 Å². The van der Waals surface area contributed by atoms with Crippen molar-refractivity contribution in [1.29, 1.82) is 0 Å². The number of anilines is 2. The lowest BCUT2D eigenvalue weighted by atomic mass is 10.1. The average molecular weight is 406 g/mol. The fourth-order valence-electron chi connectivity index (χ4n) is 3.48. The van der Waals surface area contributed by atoms with Crippen LogP contribution in [0.1, 0.15) is 30.1 Å². The van der Waals surface area contributed by atoms with Crippen LogP contribution in [0.15, 0.2) is 42.5 Å². The van der Waals surface area contributed by atoms with E-state index in [4.69, 9.17) is 19.4 Å². The number of para-hydroxylation sites is 2. The first-order valence-electron chi connectivity index (χ1n) is 10.2. The Morgan fingerprint density at radius 2 is 1.77 bits per heavy atom. The Kier molecular flexibility index (Phi) is 5.70. The summed E-state index contributed by atoms with van der Waals surface area (Å²) < 4.78 is 11.3. The highest BCUT2D eigenvalue weighted by atomic mass is 16.5. The van der Waals surface area contributed by atoms with E-state index in [0.717, 1.165) is 23.9 Å². The summed E-state index contributed by atoms with van der Waals surface area (Å²) in [5.74, 6) is 2.35. The molecule has 0 saturated carbocycles. The summed E-state index contributed by atoms with van der Waals surface area (Å²) in [6.07, 6.45) is 2.02. The maximum Gasteiger partial charge on any atom is 0.259 e. The Bertz CT molecular complexity index is 1070. The van der Waals surface area contributed by atoms with Crippen LogP contribution in [-0.4, -0.2) is 49.7 Å². The Morgan fingerprint density at radius 3 is 2.47 bits per heavy atom. The van der Waals surface area contributed by atoms with E-state index in [2.05, 4.69) is 6.92 Å². The zero-order chi connectivity index (χ0) is 21.1. The summed E-state index contributed by atoms with van der Waals surface area (Å²) in [4.78, 5) is 26.6. The second kappa shape index (κ2) is 8.57. The van der Waals surface area contributed by atoms with Crippen molar-refractivity contribution >= 4 is 28.6 Å². The number of unbranched alkanes of at least 4 members (excludes halogenated alkanes) is 1. The van der Waals surface area contributed by atoms with Crippen LogP contribution in [0.4, 0.5) is 11.6 Å². The number of rotatable bonds is 6. The molecular weight excluding hydrogens is 380 g/mol. The van der Waals surface area contributed by atoms with E-state index in [9.17, 15) is 4.79 Å². The number of methoxy groups -OCH3 is 1. The predicted molar refractivity (Wildman–Crippen MR) is 118 cm³/mol. The van der Waals surface area contributed by atoms with E-state index in [1.807, 2.05) is 36.2 Å². The lowest BCUT2D eigenvalue weighted by Crippen LogP contribution is -2.43. The standard InChI is InChI=1S/C23H26N4O3/c1-4-5-14-30-19-11-10-16(15-20(19)29-3)23(28)27-13-12-26(2)21-22(27)25-18-9-7-6-8-17(18)24-21/h6-11,15H,4-5,12-14H2,1-3H3. The van der Waals surface area contributed by atoms with Crippen LogP contribution in [0.2, 0.25) is 0 Å². The lowest BCUT2D eigenvalue weighted by Gasteiger charge is -2.33. The number of amides is 1. The van der Waals surface area contributed by atoms with Gasteiger partial charge in [-0.2, -0.15) is 0 Å². The zero-order valence-electron chi connectivity index (χ0n) is 17.6. The largest absolute Gasteiger partial charge is 0.493 e. The lowest BCUT2D eigenvalue weighted by molar-refractivity contribution is 0.0985. The van der Waals surface area contributed by atoms with Crippen LogP contribution in [0, 0.1) is 0 Å². The molecule has 1 aliphatic rings. The van der Waals surface area contributed by atoms with E-state index in [0.29, 0.717) is 48.4 Å². The molecule has 0 unspecified atom stereocenters. The molecule has 0 spiro atoms. The summed E-state index contributed by atoms with van der Waals surface area (Å²) >= 11 is 0. The van der Waals surface area contributed by atoms with Crippen molar-refractivity contribution < 1.29 is 14.3 Å². The topological polar surface area (TPSA) is 67.8 Å². The zero-order valence-corrected chi connectivity index (χ0v) is 17.6. The van der Waals surface area contributed by atoms with Crippen LogP contribution >= 0.6 is 0 Å². The molecule has 4 rings (SSSR count). The van der Waals surface area contributed by atoms with E-state index in [1.54, 1.807) is 30.2 Å². The number of hydrogen-bond donors (Lipinski definition) is 0. The normalized spacial score (nSPS) is 13.3. The number of nitrogens with zero attached hydrogens (tertiary/aromatic N) is 4. The average Bonchev–Trinajstić information content (AvgIpc) is 2.78. The molecule has 2 aromatic carbocycles. The van der Waals surface area contributed by atoms with Gasteiger partial charge in [0.25, 0.3) is 5.91 Å². The number of carbonyl (C=O) groups is 1. The van der Waals surface area contributed by atoms with Crippen molar-refractivity contribution in [3.05, 3.63) is 48.0 Å². The van der Waals surface area contributed by atoms with Gasteiger partial charge in [0.05, 0.1) is 24.8 Å². The minimum Gasteiger partial charge on any atom is -0.493 e. The van der Waals surface area contributed by atoms with Gasteiger partial charge in [-0.1, -0.05) is 25.5 Å². The van der Waals surface area contributed by atoms with Gasteiger partial charge in [-0.15, -0.1) is 0 Å². The SMILES string of the molecule is CCCCOc1ccc(C(=O)N2CCN(C)c3nc4ccccc4nc32)cc1OC. The highest BCUT2D eigenvalue weighted by Crippen LogP contribution is 2.33. The number of ether oxygens (including phenoxy) is 2. The molecule has 0 aliphatic carbocycles. The first-order valence-corrected chi connectivity index (χ1v) is 10.2. The van der Waals surface area contributed by atoms with E-state index in [1.165, 1.54) is 0 Å². The smallest absolute Gasteiger partial charge is 0.259 e. The molecule has 3 aromatic rings. The van der Waals surface area contributed by atoms with Crippen molar-refractivity contribution in [3.63, 3.8) is 0 Å². The van der Waals surface area contributed by atoms with Gasteiger partial charge < -0.3 is 14.4 Å². The molecule has 0 N–H and O–H groups in total. The number of likely N-dealkylation sites (N-methyl/N-ethyl adjacent to an activating group) is 1. The molecule has 7 nitrogen and oxygen atoms in total. The van der Waals surface area contributed by atoms with Crippen LogP contribution in [-0.2, 0) is 0 Å². The summed E-state index contributed by atoms with van der Waals surface area (Å²) in [6.45, 7) is 3.95. The molecular formula is C23H26N4O3. The van der Waals surface area contributed by atoms with E-state index in [-0.39, 0.29) is 5.91 Å². The minimum absolute atomic E-state index is 0.132. The van der Waals surface area contributed by atoms with Gasteiger partial charge in [0.1, 0.15) is 0 Å². The molecule has 0 fully saturated rings. The Balaban J connectivity index is 1.67. The molecule has 1 amide bonds. The van der Waals surface area contributed by atoms with Crippen molar-refractivity contribution in [1.82, 2.24) is 9.97 Å². The van der Waals surface area contributed by atoms with Crippen LogP contribution in [0.3, 0.4) is 0 Å².